The first-order chi connectivity index (χ1) is 13.2. The molecule has 0 nitrogen and oxygen atoms in total. The summed E-state index contributed by atoms with van der Waals surface area (Å²) in [5.41, 5.74) is 9.62. The zero-order valence-electron chi connectivity index (χ0n) is 14.3. The molecule has 0 aliphatic heterocycles. The average Bonchev–Trinajstić information content (AvgIpc) is 3.25. The molecule has 2 aromatic rings. The van der Waals surface area contributed by atoms with E-state index in [4.69, 9.17) is 11.6 Å². The molecule has 4 aliphatic carbocycles. The van der Waals surface area contributed by atoms with Gasteiger partial charge in [0.1, 0.15) is 0 Å². The summed E-state index contributed by atoms with van der Waals surface area (Å²) in [4.78, 5) is 0. The fourth-order valence-corrected chi connectivity index (χ4v) is 6.06. The summed E-state index contributed by atoms with van der Waals surface area (Å²) in [6.45, 7) is 0. The summed E-state index contributed by atoms with van der Waals surface area (Å²) in [7, 11) is 0. The van der Waals surface area contributed by atoms with Crippen molar-refractivity contribution in [3.8, 4) is 0 Å². The van der Waals surface area contributed by atoms with E-state index in [0.29, 0.717) is 0 Å². The van der Waals surface area contributed by atoms with Crippen molar-refractivity contribution in [1.29, 1.82) is 0 Å². The zero-order valence-corrected chi connectivity index (χ0v) is 16.7. The number of hydrogen-bond acceptors (Lipinski definition) is 0. The van der Waals surface area contributed by atoms with Crippen LogP contribution in [0.25, 0.3) is 23.3 Å². The lowest BCUT2D eigenvalue weighted by Gasteiger charge is -2.41. The molecule has 6 rings (SSSR count). The Labute approximate surface area is 171 Å². The molecule has 0 aromatic heterocycles. The third-order valence-corrected chi connectivity index (χ3v) is 7.27. The Morgan fingerprint density at radius 1 is 0.667 bits per heavy atom. The predicted octanol–water partition coefficient (Wildman–Crippen LogP) is 7.36. The smallest absolute Gasteiger partial charge is 0.0874 e. The fourth-order valence-electron chi connectivity index (χ4n) is 4.81. The normalized spacial score (nSPS) is 23.9. The Kier molecular flexibility index (Phi) is 3.10. The minimum Gasteiger partial charge on any atom is -0.0874 e. The van der Waals surface area contributed by atoms with Crippen molar-refractivity contribution in [2.24, 2.45) is 5.41 Å². The van der Waals surface area contributed by atoms with E-state index in [0.717, 1.165) is 9.51 Å². The SMILES string of the molecule is ClC1=CC=C2C(=Cc3ccccc32)C12C(Br)=CC=C1C2=Cc2ccccc21. The van der Waals surface area contributed by atoms with Gasteiger partial charge in [0, 0.05) is 9.51 Å². The molecule has 0 amide bonds. The molecule has 2 aromatic carbocycles. The summed E-state index contributed by atoms with van der Waals surface area (Å²) in [5, 5.41) is 0.832. The molecule has 2 heteroatoms. The Bertz CT molecular complexity index is 1130. The number of benzene rings is 2. The van der Waals surface area contributed by atoms with Crippen molar-refractivity contribution < 1.29 is 0 Å². The van der Waals surface area contributed by atoms with Crippen LogP contribution in [0, 0.1) is 5.41 Å². The first kappa shape index (κ1) is 15.7. The summed E-state index contributed by atoms with van der Waals surface area (Å²) in [6, 6.07) is 17.1. The van der Waals surface area contributed by atoms with Crippen LogP contribution >= 0.6 is 27.5 Å². The molecule has 4 aliphatic rings. The second-order valence-corrected chi connectivity index (χ2v) is 8.49. The van der Waals surface area contributed by atoms with Gasteiger partial charge in [0.25, 0.3) is 0 Å². The van der Waals surface area contributed by atoms with Gasteiger partial charge in [-0.15, -0.1) is 0 Å². The van der Waals surface area contributed by atoms with E-state index in [2.05, 4.69) is 101 Å². The van der Waals surface area contributed by atoms with Crippen LogP contribution in [0.15, 0.2) is 93.5 Å². The Morgan fingerprint density at radius 2 is 1.19 bits per heavy atom. The number of halogens is 2. The Hall–Kier alpha value is -2.35. The molecule has 1 atom stereocenters. The zero-order chi connectivity index (χ0) is 18.2. The second-order valence-electron chi connectivity index (χ2n) is 7.23. The van der Waals surface area contributed by atoms with Crippen LogP contribution in [0.3, 0.4) is 0 Å². The topological polar surface area (TPSA) is 0 Å². The molecule has 1 unspecified atom stereocenters. The molecule has 0 saturated carbocycles. The van der Waals surface area contributed by atoms with E-state index in [-0.39, 0.29) is 0 Å². The van der Waals surface area contributed by atoms with Crippen LogP contribution in [0.4, 0.5) is 0 Å². The van der Waals surface area contributed by atoms with Crippen LogP contribution in [-0.2, 0) is 0 Å². The van der Waals surface area contributed by atoms with Crippen LogP contribution in [0.1, 0.15) is 22.3 Å². The maximum atomic E-state index is 7.00. The highest BCUT2D eigenvalue weighted by Gasteiger charge is 2.51. The number of hydrogen-bond donors (Lipinski definition) is 0. The molecule has 0 fully saturated rings. The summed E-state index contributed by atoms with van der Waals surface area (Å²) < 4.78 is 1.09. The largest absolute Gasteiger partial charge is 0.0885 e. The van der Waals surface area contributed by atoms with E-state index >= 15 is 0 Å². The van der Waals surface area contributed by atoms with E-state index in [9.17, 15) is 0 Å². The lowest BCUT2D eigenvalue weighted by atomic mass is 9.65. The van der Waals surface area contributed by atoms with Crippen molar-refractivity contribution in [1.82, 2.24) is 0 Å². The standard InChI is InChI=1S/C25H14BrCl/c26-23-11-9-19-17-7-3-1-5-15(17)13-21(19)25(23)22-14-16-6-2-4-8-18(16)20(22)10-12-24(25)27/h1-14H. The molecule has 0 radical (unpaired) electrons. The third kappa shape index (κ3) is 1.84. The molecule has 0 N–H and O–H groups in total. The lowest BCUT2D eigenvalue weighted by Crippen LogP contribution is -2.30. The predicted molar refractivity (Wildman–Crippen MR) is 118 cm³/mol. The van der Waals surface area contributed by atoms with Gasteiger partial charge in [-0.3, -0.25) is 0 Å². The van der Waals surface area contributed by atoms with Gasteiger partial charge in [-0.2, -0.15) is 0 Å². The number of fused-ring (bicyclic) bond motifs is 8. The first-order valence-electron chi connectivity index (χ1n) is 9.01. The van der Waals surface area contributed by atoms with Gasteiger partial charge in [-0.25, -0.2) is 0 Å². The highest BCUT2D eigenvalue weighted by Crippen LogP contribution is 2.65. The van der Waals surface area contributed by atoms with E-state index in [1.165, 1.54) is 44.5 Å². The van der Waals surface area contributed by atoms with Crippen LogP contribution in [0.2, 0.25) is 0 Å². The maximum absolute atomic E-state index is 7.00. The van der Waals surface area contributed by atoms with Gasteiger partial charge < -0.3 is 0 Å². The first-order valence-corrected chi connectivity index (χ1v) is 10.2. The summed E-state index contributed by atoms with van der Waals surface area (Å²) in [6.07, 6.45) is 13.2. The van der Waals surface area contributed by atoms with Gasteiger partial charge in [0.15, 0.2) is 0 Å². The number of rotatable bonds is 0. The van der Waals surface area contributed by atoms with Gasteiger partial charge in [0.05, 0.1) is 5.41 Å². The van der Waals surface area contributed by atoms with Crippen molar-refractivity contribution in [3.05, 3.63) is 116 Å². The van der Waals surface area contributed by atoms with Crippen molar-refractivity contribution >= 4 is 50.8 Å². The van der Waals surface area contributed by atoms with Crippen molar-refractivity contribution in [2.45, 2.75) is 0 Å². The Balaban J connectivity index is 1.66. The highest BCUT2D eigenvalue weighted by atomic mass is 79.9. The molecule has 27 heavy (non-hydrogen) atoms. The molecule has 128 valence electrons. The van der Waals surface area contributed by atoms with Gasteiger partial charge >= 0.3 is 0 Å². The quantitative estimate of drug-likeness (QED) is 0.410. The molecular formula is C25H14BrCl. The van der Waals surface area contributed by atoms with E-state index in [1.807, 2.05) is 0 Å². The van der Waals surface area contributed by atoms with Crippen molar-refractivity contribution in [3.63, 3.8) is 0 Å². The molecule has 0 bridgehead atoms. The summed E-state index contributed by atoms with van der Waals surface area (Å²) >= 11 is 10.9. The van der Waals surface area contributed by atoms with Crippen molar-refractivity contribution in [2.75, 3.05) is 0 Å². The minimum absolute atomic E-state index is 0.478. The molecule has 0 saturated heterocycles. The molecule has 0 heterocycles. The monoisotopic (exact) mass is 428 g/mol. The average molecular weight is 430 g/mol. The minimum atomic E-state index is -0.478. The highest BCUT2D eigenvalue weighted by molar-refractivity contribution is 9.11. The second kappa shape index (κ2) is 5.34. The maximum Gasteiger partial charge on any atom is 0.0885 e. The molecular weight excluding hydrogens is 416 g/mol. The van der Waals surface area contributed by atoms with E-state index < -0.39 is 5.41 Å². The van der Waals surface area contributed by atoms with Crippen LogP contribution in [0.5, 0.6) is 0 Å². The van der Waals surface area contributed by atoms with Gasteiger partial charge in [-0.1, -0.05) is 88.2 Å². The van der Waals surface area contributed by atoms with Gasteiger partial charge in [-0.05, 0) is 68.9 Å². The fraction of sp³-hybridized carbons (Fsp3) is 0.0400. The van der Waals surface area contributed by atoms with Gasteiger partial charge in [0.2, 0.25) is 0 Å². The third-order valence-electron chi connectivity index (χ3n) is 6.00. The Morgan fingerprint density at radius 3 is 1.78 bits per heavy atom. The van der Waals surface area contributed by atoms with Crippen LogP contribution in [-0.4, -0.2) is 0 Å². The molecule has 1 spiro atoms. The summed E-state index contributed by atoms with van der Waals surface area (Å²) in [5.74, 6) is 0. The van der Waals surface area contributed by atoms with Crippen LogP contribution < -0.4 is 0 Å². The number of allylic oxidation sites excluding steroid dienone is 10. The lowest BCUT2D eigenvalue weighted by molar-refractivity contribution is 0.725. The van der Waals surface area contributed by atoms with E-state index in [1.54, 1.807) is 0 Å².